The molecule has 2 aromatic heterocycles. The molecular formula is C18H20N4O3. The van der Waals surface area contributed by atoms with Crippen LogP contribution in [0.4, 0.5) is 11.7 Å². The molecule has 3 rings (SSSR count). The Balaban J connectivity index is 1.79. The monoisotopic (exact) mass is 340 g/mol. The predicted molar refractivity (Wildman–Crippen MR) is 93.6 cm³/mol. The van der Waals surface area contributed by atoms with E-state index in [0.29, 0.717) is 35.4 Å². The standard InChI is InChI=1S/C18H20N4O3/c1-11-12(2)22-25-18(11)21-16-7-8-19-17(20-16)10-13-5-6-14(23-3)15(9-13)24-4/h5-9H,10H2,1-4H3,(H,19,20,21). The topological polar surface area (TPSA) is 82.3 Å². The number of nitrogens with zero attached hydrogens (tertiary/aromatic N) is 3. The summed E-state index contributed by atoms with van der Waals surface area (Å²) in [6, 6.07) is 7.55. The van der Waals surface area contributed by atoms with E-state index in [1.807, 2.05) is 32.0 Å². The van der Waals surface area contributed by atoms with Gasteiger partial charge in [0.2, 0.25) is 5.88 Å². The molecule has 0 unspecified atom stereocenters. The van der Waals surface area contributed by atoms with Crippen LogP contribution < -0.4 is 14.8 Å². The van der Waals surface area contributed by atoms with E-state index in [-0.39, 0.29) is 0 Å². The molecule has 0 aliphatic heterocycles. The molecule has 2 heterocycles. The number of anilines is 2. The first-order chi connectivity index (χ1) is 12.1. The number of hydrogen-bond donors (Lipinski definition) is 1. The van der Waals surface area contributed by atoms with Crippen LogP contribution >= 0.6 is 0 Å². The van der Waals surface area contributed by atoms with Crippen molar-refractivity contribution in [1.82, 2.24) is 15.1 Å². The molecule has 7 heteroatoms. The van der Waals surface area contributed by atoms with Crippen molar-refractivity contribution >= 4 is 11.7 Å². The van der Waals surface area contributed by atoms with Crippen LogP contribution in [0.2, 0.25) is 0 Å². The smallest absolute Gasteiger partial charge is 0.233 e. The Hall–Kier alpha value is -3.09. The number of nitrogens with one attached hydrogen (secondary N) is 1. The highest BCUT2D eigenvalue weighted by Gasteiger charge is 2.10. The van der Waals surface area contributed by atoms with Gasteiger partial charge < -0.3 is 19.3 Å². The van der Waals surface area contributed by atoms with Gasteiger partial charge in [0, 0.05) is 18.2 Å². The summed E-state index contributed by atoms with van der Waals surface area (Å²) in [5.41, 5.74) is 2.84. The van der Waals surface area contributed by atoms with Gasteiger partial charge in [-0.1, -0.05) is 11.2 Å². The molecule has 0 radical (unpaired) electrons. The van der Waals surface area contributed by atoms with Crippen LogP contribution in [-0.2, 0) is 6.42 Å². The minimum absolute atomic E-state index is 0.574. The molecule has 0 aliphatic rings. The fourth-order valence-electron chi connectivity index (χ4n) is 2.38. The van der Waals surface area contributed by atoms with E-state index in [1.165, 1.54) is 0 Å². The molecule has 0 aliphatic carbocycles. The summed E-state index contributed by atoms with van der Waals surface area (Å²) in [6.07, 6.45) is 2.29. The summed E-state index contributed by atoms with van der Waals surface area (Å²) in [7, 11) is 3.23. The van der Waals surface area contributed by atoms with E-state index in [2.05, 4.69) is 20.4 Å². The summed E-state index contributed by atoms with van der Waals surface area (Å²) in [5.74, 6) is 3.31. The molecule has 0 fully saturated rings. The van der Waals surface area contributed by atoms with Crippen LogP contribution in [0.5, 0.6) is 11.5 Å². The lowest BCUT2D eigenvalue weighted by molar-refractivity contribution is 0.354. The average Bonchev–Trinajstić information content (AvgIpc) is 2.94. The minimum atomic E-state index is 0.574. The summed E-state index contributed by atoms with van der Waals surface area (Å²) >= 11 is 0. The number of rotatable bonds is 6. The van der Waals surface area contributed by atoms with Gasteiger partial charge in [0.15, 0.2) is 11.5 Å². The molecule has 1 N–H and O–H groups in total. The highest BCUT2D eigenvalue weighted by atomic mass is 16.5. The lowest BCUT2D eigenvalue weighted by Crippen LogP contribution is -2.01. The van der Waals surface area contributed by atoms with Gasteiger partial charge in [0.25, 0.3) is 0 Å². The molecule has 0 saturated heterocycles. The van der Waals surface area contributed by atoms with Crippen LogP contribution in [0.1, 0.15) is 22.6 Å². The number of aryl methyl sites for hydroxylation is 1. The number of hydrogen-bond acceptors (Lipinski definition) is 7. The zero-order valence-electron chi connectivity index (χ0n) is 14.7. The van der Waals surface area contributed by atoms with Gasteiger partial charge in [-0.05, 0) is 37.6 Å². The third-order valence-corrected chi connectivity index (χ3v) is 3.91. The summed E-state index contributed by atoms with van der Waals surface area (Å²) in [6.45, 7) is 3.84. The maximum Gasteiger partial charge on any atom is 0.233 e. The second kappa shape index (κ2) is 7.21. The van der Waals surface area contributed by atoms with Crippen LogP contribution in [-0.4, -0.2) is 29.3 Å². The Labute approximate surface area is 146 Å². The predicted octanol–water partition coefficient (Wildman–Crippen LogP) is 3.43. The van der Waals surface area contributed by atoms with Crippen molar-refractivity contribution in [2.45, 2.75) is 20.3 Å². The van der Waals surface area contributed by atoms with E-state index < -0.39 is 0 Å². The first-order valence-electron chi connectivity index (χ1n) is 7.83. The van der Waals surface area contributed by atoms with Crippen molar-refractivity contribution in [2.75, 3.05) is 19.5 Å². The van der Waals surface area contributed by atoms with Crippen molar-refractivity contribution in [1.29, 1.82) is 0 Å². The summed E-state index contributed by atoms with van der Waals surface area (Å²) < 4.78 is 15.9. The molecule has 0 atom stereocenters. The molecule has 0 saturated carbocycles. The molecule has 0 spiro atoms. The van der Waals surface area contributed by atoms with Crippen molar-refractivity contribution in [3.63, 3.8) is 0 Å². The van der Waals surface area contributed by atoms with Crippen LogP contribution in [0.15, 0.2) is 35.0 Å². The van der Waals surface area contributed by atoms with E-state index in [0.717, 1.165) is 16.8 Å². The van der Waals surface area contributed by atoms with E-state index in [1.54, 1.807) is 26.5 Å². The maximum atomic E-state index is 5.34. The van der Waals surface area contributed by atoms with Crippen molar-refractivity contribution in [3.8, 4) is 11.5 Å². The van der Waals surface area contributed by atoms with E-state index in [4.69, 9.17) is 14.0 Å². The van der Waals surface area contributed by atoms with Crippen molar-refractivity contribution < 1.29 is 14.0 Å². The van der Waals surface area contributed by atoms with Crippen LogP contribution in [0, 0.1) is 13.8 Å². The second-order valence-electron chi connectivity index (χ2n) is 5.57. The van der Waals surface area contributed by atoms with Gasteiger partial charge >= 0.3 is 0 Å². The number of aromatic nitrogens is 3. The molecule has 0 bridgehead atoms. The Morgan fingerprint density at radius 1 is 1.08 bits per heavy atom. The molecular weight excluding hydrogens is 320 g/mol. The lowest BCUT2D eigenvalue weighted by Gasteiger charge is -2.09. The molecule has 7 nitrogen and oxygen atoms in total. The Morgan fingerprint density at radius 2 is 1.88 bits per heavy atom. The number of benzene rings is 1. The van der Waals surface area contributed by atoms with Gasteiger partial charge in [-0.15, -0.1) is 0 Å². The third-order valence-electron chi connectivity index (χ3n) is 3.91. The fraction of sp³-hybridized carbons (Fsp3) is 0.278. The van der Waals surface area contributed by atoms with E-state index in [9.17, 15) is 0 Å². The Kier molecular flexibility index (Phi) is 4.83. The van der Waals surface area contributed by atoms with Gasteiger partial charge in [-0.25, -0.2) is 9.97 Å². The van der Waals surface area contributed by atoms with Gasteiger partial charge in [-0.2, -0.15) is 0 Å². The lowest BCUT2D eigenvalue weighted by atomic mass is 10.1. The molecule has 3 aromatic rings. The first-order valence-corrected chi connectivity index (χ1v) is 7.83. The fourth-order valence-corrected chi connectivity index (χ4v) is 2.38. The Morgan fingerprint density at radius 3 is 2.56 bits per heavy atom. The van der Waals surface area contributed by atoms with Crippen LogP contribution in [0.25, 0.3) is 0 Å². The number of methoxy groups -OCH3 is 2. The minimum Gasteiger partial charge on any atom is -0.493 e. The average molecular weight is 340 g/mol. The highest BCUT2D eigenvalue weighted by Crippen LogP contribution is 2.28. The highest BCUT2D eigenvalue weighted by molar-refractivity contribution is 5.54. The third kappa shape index (κ3) is 3.71. The molecule has 0 amide bonds. The van der Waals surface area contributed by atoms with Gasteiger partial charge in [0.1, 0.15) is 11.6 Å². The normalized spacial score (nSPS) is 10.6. The zero-order valence-corrected chi connectivity index (χ0v) is 14.7. The van der Waals surface area contributed by atoms with Crippen LogP contribution in [0.3, 0.4) is 0 Å². The van der Waals surface area contributed by atoms with Crippen molar-refractivity contribution in [2.24, 2.45) is 0 Å². The SMILES string of the molecule is COc1ccc(Cc2nccc(Nc3onc(C)c3C)n2)cc1OC. The molecule has 25 heavy (non-hydrogen) atoms. The van der Waals surface area contributed by atoms with Crippen molar-refractivity contribution in [3.05, 3.63) is 53.1 Å². The zero-order chi connectivity index (χ0) is 17.8. The van der Waals surface area contributed by atoms with E-state index >= 15 is 0 Å². The quantitative estimate of drug-likeness (QED) is 0.736. The molecule has 1 aromatic carbocycles. The largest absolute Gasteiger partial charge is 0.493 e. The summed E-state index contributed by atoms with van der Waals surface area (Å²) in [5, 5.41) is 7.07. The Bertz CT molecular complexity index is 877. The molecule has 130 valence electrons. The summed E-state index contributed by atoms with van der Waals surface area (Å²) in [4.78, 5) is 8.86. The van der Waals surface area contributed by atoms with Gasteiger partial charge in [-0.3, -0.25) is 0 Å². The van der Waals surface area contributed by atoms with Gasteiger partial charge in [0.05, 0.1) is 19.9 Å². The second-order valence-corrected chi connectivity index (χ2v) is 5.57. The number of ether oxygens (including phenoxy) is 2. The first kappa shape index (κ1) is 16.8. The maximum absolute atomic E-state index is 5.34.